The van der Waals surface area contributed by atoms with Crippen molar-refractivity contribution in [3.05, 3.63) is 63.5 Å². The fourth-order valence-electron chi connectivity index (χ4n) is 2.35. The number of benzene rings is 2. The van der Waals surface area contributed by atoms with Gasteiger partial charge >= 0.3 is 0 Å². The minimum atomic E-state index is -0.781. The molecule has 2 aromatic carbocycles. The number of anilines is 2. The van der Waals surface area contributed by atoms with Gasteiger partial charge in [-0.1, -0.05) is 0 Å². The standard InChI is InChI=1S/C18H19FN4O4/c1-11-15(19)9-12(18(20)25)10-16(11)22-17(24)3-2-8-21-13-4-6-14(7-5-13)23(26)27/h4-7,9-10,21H,2-3,8H2,1H3,(H2,20,25)(H,22,24). The molecule has 0 saturated heterocycles. The van der Waals surface area contributed by atoms with Crippen LogP contribution in [0.15, 0.2) is 36.4 Å². The molecule has 0 spiro atoms. The van der Waals surface area contributed by atoms with Crippen LogP contribution in [-0.2, 0) is 4.79 Å². The molecule has 0 heterocycles. The van der Waals surface area contributed by atoms with E-state index in [4.69, 9.17) is 5.73 Å². The van der Waals surface area contributed by atoms with Crippen LogP contribution in [0.3, 0.4) is 0 Å². The van der Waals surface area contributed by atoms with Crippen LogP contribution in [0.4, 0.5) is 21.5 Å². The van der Waals surface area contributed by atoms with Crippen molar-refractivity contribution in [3.8, 4) is 0 Å². The van der Waals surface area contributed by atoms with Crippen molar-refractivity contribution in [1.82, 2.24) is 0 Å². The molecule has 0 aliphatic heterocycles. The van der Waals surface area contributed by atoms with Crippen LogP contribution in [0.25, 0.3) is 0 Å². The maximum Gasteiger partial charge on any atom is 0.269 e. The SMILES string of the molecule is Cc1c(F)cc(C(N)=O)cc1NC(=O)CCCNc1ccc([N+](=O)[O-])cc1. The van der Waals surface area contributed by atoms with Gasteiger partial charge in [-0.25, -0.2) is 4.39 Å². The third-order valence-electron chi connectivity index (χ3n) is 3.89. The normalized spacial score (nSPS) is 10.3. The highest BCUT2D eigenvalue weighted by Crippen LogP contribution is 2.21. The lowest BCUT2D eigenvalue weighted by Gasteiger charge is -2.11. The van der Waals surface area contributed by atoms with Gasteiger partial charge < -0.3 is 16.4 Å². The number of primary amides is 1. The van der Waals surface area contributed by atoms with Crippen LogP contribution in [-0.4, -0.2) is 23.3 Å². The average Bonchev–Trinajstić information content (AvgIpc) is 2.62. The number of non-ortho nitro benzene ring substituents is 1. The van der Waals surface area contributed by atoms with E-state index in [1.54, 1.807) is 12.1 Å². The van der Waals surface area contributed by atoms with Gasteiger partial charge in [-0.15, -0.1) is 0 Å². The summed E-state index contributed by atoms with van der Waals surface area (Å²) in [5, 5.41) is 16.2. The molecule has 0 aliphatic carbocycles. The zero-order chi connectivity index (χ0) is 20.0. The van der Waals surface area contributed by atoms with Crippen LogP contribution in [0.2, 0.25) is 0 Å². The topological polar surface area (TPSA) is 127 Å². The fourth-order valence-corrected chi connectivity index (χ4v) is 2.35. The number of carbonyl (C=O) groups excluding carboxylic acids is 2. The van der Waals surface area contributed by atoms with E-state index >= 15 is 0 Å². The van der Waals surface area contributed by atoms with Crippen LogP contribution in [0, 0.1) is 22.9 Å². The van der Waals surface area contributed by atoms with Crippen LogP contribution < -0.4 is 16.4 Å². The van der Waals surface area contributed by atoms with E-state index in [0.717, 1.165) is 6.07 Å². The Kier molecular flexibility index (Phi) is 6.42. The summed E-state index contributed by atoms with van der Waals surface area (Å²) in [6, 6.07) is 8.31. The number of nitro groups is 1. The van der Waals surface area contributed by atoms with Gasteiger partial charge in [-0.05, 0) is 37.6 Å². The van der Waals surface area contributed by atoms with E-state index < -0.39 is 16.6 Å². The molecule has 2 aromatic rings. The molecule has 0 saturated carbocycles. The quantitative estimate of drug-likeness (QED) is 0.372. The Morgan fingerprint density at radius 3 is 2.48 bits per heavy atom. The Balaban J connectivity index is 1.84. The highest BCUT2D eigenvalue weighted by atomic mass is 19.1. The Labute approximate surface area is 154 Å². The molecule has 2 amide bonds. The lowest BCUT2D eigenvalue weighted by molar-refractivity contribution is -0.384. The first-order valence-electron chi connectivity index (χ1n) is 8.16. The second-order valence-corrected chi connectivity index (χ2v) is 5.88. The third-order valence-corrected chi connectivity index (χ3v) is 3.89. The van der Waals surface area contributed by atoms with Crippen LogP contribution in [0.1, 0.15) is 28.8 Å². The molecule has 142 valence electrons. The highest BCUT2D eigenvalue weighted by molar-refractivity contribution is 5.97. The Bertz CT molecular complexity index is 868. The molecule has 4 N–H and O–H groups in total. The Hall–Kier alpha value is -3.49. The molecule has 0 bridgehead atoms. The monoisotopic (exact) mass is 374 g/mol. The molecule has 0 aromatic heterocycles. The number of nitro benzene ring substituents is 1. The molecule has 9 heteroatoms. The highest BCUT2D eigenvalue weighted by Gasteiger charge is 2.12. The molecule has 0 fully saturated rings. The summed E-state index contributed by atoms with van der Waals surface area (Å²) in [7, 11) is 0. The molecule has 0 atom stereocenters. The van der Waals surface area contributed by atoms with E-state index in [-0.39, 0.29) is 34.8 Å². The van der Waals surface area contributed by atoms with Gasteiger partial charge in [0.25, 0.3) is 5.69 Å². The molecule has 0 aliphatic rings. The number of carbonyl (C=O) groups is 2. The van der Waals surface area contributed by atoms with Crippen molar-refractivity contribution >= 4 is 28.9 Å². The van der Waals surface area contributed by atoms with E-state index in [0.29, 0.717) is 18.7 Å². The van der Waals surface area contributed by atoms with Gasteiger partial charge in [-0.3, -0.25) is 19.7 Å². The summed E-state index contributed by atoms with van der Waals surface area (Å²) in [5.41, 5.74) is 6.26. The maximum absolute atomic E-state index is 13.8. The Morgan fingerprint density at radius 1 is 1.22 bits per heavy atom. The summed E-state index contributed by atoms with van der Waals surface area (Å²) in [4.78, 5) is 33.4. The number of hydrogen-bond acceptors (Lipinski definition) is 5. The molecular formula is C18H19FN4O4. The predicted octanol–water partition coefficient (Wildman–Crippen LogP) is 2.97. The van der Waals surface area contributed by atoms with Crippen molar-refractivity contribution in [2.75, 3.05) is 17.2 Å². The number of amides is 2. The van der Waals surface area contributed by atoms with E-state index in [9.17, 15) is 24.1 Å². The van der Waals surface area contributed by atoms with E-state index in [1.807, 2.05) is 0 Å². The first-order chi connectivity index (χ1) is 12.8. The maximum atomic E-state index is 13.8. The van der Waals surface area contributed by atoms with Crippen molar-refractivity contribution in [2.24, 2.45) is 5.73 Å². The third kappa shape index (κ3) is 5.50. The second-order valence-electron chi connectivity index (χ2n) is 5.88. The number of halogens is 1. The first kappa shape index (κ1) is 19.8. The van der Waals surface area contributed by atoms with Crippen molar-refractivity contribution in [2.45, 2.75) is 19.8 Å². The number of nitrogens with one attached hydrogen (secondary N) is 2. The minimum absolute atomic E-state index is 0.000668. The summed E-state index contributed by atoms with van der Waals surface area (Å²) in [6.45, 7) is 1.96. The van der Waals surface area contributed by atoms with Gasteiger partial charge in [0.05, 0.1) is 4.92 Å². The summed E-state index contributed by atoms with van der Waals surface area (Å²) >= 11 is 0. The fraction of sp³-hybridized carbons (Fsp3) is 0.222. The summed E-state index contributed by atoms with van der Waals surface area (Å²) in [6.07, 6.45) is 0.654. The molecule has 0 unspecified atom stereocenters. The zero-order valence-electron chi connectivity index (χ0n) is 14.6. The molecule has 27 heavy (non-hydrogen) atoms. The first-order valence-corrected chi connectivity index (χ1v) is 8.16. The van der Waals surface area contributed by atoms with Gasteiger partial charge in [0.15, 0.2) is 0 Å². The largest absolute Gasteiger partial charge is 0.385 e. The molecule has 0 radical (unpaired) electrons. The average molecular weight is 374 g/mol. The lowest BCUT2D eigenvalue weighted by atomic mass is 10.1. The smallest absolute Gasteiger partial charge is 0.269 e. The minimum Gasteiger partial charge on any atom is -0.385 e. The van der Waals surface area contributed by atoms with Crippen LogP contribution in [0.5, 0.6) is 0 Å². The lowest BCUT2D eigenvalue weighted by Crippen LogP contribution is -2.17. The van der Waals surface area contributed by atoms with E-state index in [2.05, 4.69) is 10.6 Å². The number of nitrogens with two attached hydrogens (primary N) is 1. The predicted molar refractivity (Wildman–Crippen MR) is 99.1 cm³/mol. The van der Waals surface area contributed by atoms with Crippen molar-refractivity contribution in [3.63, 3.8) is 0 Å². The molecular weight excluding hydrogens is 355 g/mol. The van der Waals surface area contributed by atoms with E-state index in [1.165, 1.54) is 25.1 Å². The van der Waals surface area contributed by atoms with Crippen LogP contribution >= 0.6 is 0 Å². The zero-order valence-corrected chi connectivity index (χ0v) is 14.6. The second kappa shape index (κ2) is 8.75. The van der Waals surface area contributed by atoms with Crippen molar-refractivity contribution < 1.29 is 18.9 Å². The van der Waals surface area contributed by atoms with Gasteiger partial charge in [0.2, 0.25) is 11.8 Å². The van der Waals surface area contributed by atoms with Gasteiger partial charge in [-0.2, -0.15) is 0 Å². The number of rotatable bonds is 8. The number of hydrogen-bond donors (Lipinski definition) is 3. The molecule has 8 nitrogen and oxygen atoms in total. The van der Waals surface area contributed by atoms with Gasteiger partial charge in [0, 0.05) is 47.6 Å². The number of nitrogens with zero attached hydrogens (tertiary/aromatic N) is 1. The van der Waals surface area contributed by atoms with Crippen molar-refractivity contribution in [1.29, 1.82) is 0 Å². The summed E-state index contributed by atoms with van der Waals surface area (Å²) in [5.74, 6) is -1.73. The summed E-state index contributed by atoms with van der Waals surface area (Å²) < 4.78 is 13.8. The molecule has 2 rings (SSSR count). The Morgan fingerprint density at radius 2 is 1.89 bits per heavy atom. The van der Waals surface area contributed by atoms with Gasteiger partial charge in [0.1, 0.15) is 5.82 Å².